The first-order valence-corrected chi connectivity index (χ1v) is 7.50. The van der Waals surface area contributed by atoms with E-state index in [1.165, 1.54) is 13.8 Å². The van der Waals surface area contributed by atoms with E-state index in [2.05, 4.69) is 6.58 Å². The molecule has 0 aromatic rings. The minimum Gasteiger partial charge on any atom is -0.459 e. The summed E-state index contributed by atoms with van der Waals surface area (Å²) in [7, 11) is 0. The zero-order valence-corrected chi connectivity index (χ0v) is 13.9. The molecule has 1 aliphatic carbocycles. The van der Waals surface area contributed by atoms with Crippen molar-refractivity contribution in [1.82, 2.24) is 0 Å². The summed E-state index contributed by atoms with van der Waals surface area (Å²) in [6.45, 7) is 6.81. The number of hydrogen-bond acceptors (Lipinski definition) is 4. The van der Waals surface area contributed by atoms with Gasteiger partial charge in [0.25, 0.3) is 5.60 Å². The Labute approximate surface area is 140 Å². The van der Waals surface area contributed by atoms with Gasteiger partial charge in [-0.3, -0.25) is 0 Å². The molecule has 1 saturated carbocycles. The molecule has 1 unspecified atom stereocenters. The fourth-order valence-corrected chi connectivity index (χ4v) is 2.66. The second kappa shape index (κ2) is 6.79. The monoisotopic (exact) mass is 378 g/mol. The van der Waals surface area contributed by atoms with Crippen LogP contribution in [0, 0.1) is 0 Å². The highest BCUT2D eigenvalue weighted by molar-refractivity contribution is 5.87. The molecule has 0 bridgehead atoms. The van der Waals surface area contributed by atoms with Gasteiger partial charge >= 0.3 is 18.3 Å². The van der Waals surface area contributed by atoms with Crippen molar-refractivity contribution in [3.63, 3.8) is 0 Å². The summed E-state index contributed by atoms with van der Waals surface area (Å²) in [5.74, 6) is -0.704. The summed E-state index contributed by atoms with van der Waals surface area (Å²) in [4.78, 5) is 11.4. The summed E-state index contributed by atoms with van der Waals surface area (Å²) < 4.78 is 87.2. The van der Waals surface area contributed by atoms with E-state index in [4.69, 9.17) is 9.47 Å². The van der Waals surface area contributed by atoms with Gasteiger partial charge in [-0.25, -0.2) is 4.79 Å². The number of rotatable bonds is 6. The van der Waals surface area contributed by atoms with Crippen LogP contribution < -0.4 is 0 Å². The lowest BCUT2D eigenvalue weighted by Gasteiger charge is -2.49. The molecular formula is C15H20F6O4. The molecule has 25 heavy (non-hydrogen) atoms. The number of aliphatic hydroxyl groups is 1. The van der Waals surface area contributed by atoms with E-state index in [1.807, 2.05) is 0 Å². The molecule has 1 rings (SSSR count). The van der Waals surface area contributed by atoms with Crippen molar-refractivity contribution in [2.24, 2.45) is 0 Å². The number of halogens is 6. The molecule has 0 amide bonds. The Kier molecular flexibility index (Phi) is 5.91. The lowest BCUT2D eigenvalue weighted by atomic mass is 9.74. The number of carbonyl (C=O) groups is 1. The van der Waals surface area contributed by atoms with E-state index in [-0.39, 0.29) is 24.8 Å². The molecule has 1 fully saturated rings. The average Bonchev–Trinajstić information content (AvgIpc) is 2.40. The van der Waals surface area contributed by atoms with E-state index < -0.39 is 41.7 Å². The maximum atomic E-state index is 12.9. The number of carbonyl (C=O) groups excluding carboxylic acids is 1. The van der Waals surface area contributed by atoms with E-state index in [0.29, 0.717) is 6.92 Å². The highest BCUT2D eigenvalue weighted by atomic mass is 19.4. The van der Waals surface area contributed by atoms with Crippen molar-refractivity contribution in [2.45, 2.75) is 75.8 Å². The molecule has 1 N–H and O–H groups in total. The van der Waals surface area contributed by atoms with Crippen LogP contribution in [0.25, 0.3) is 0 Å². The Morgan fingerprint density at radius 2 is 1.68 bits per heavy atom. The predicted octanol–water partition coefficient (Wildman–Crippen LogP) is 3.68. The highest BCUT2D eigenvalue weighted by Crippen LogP contribution is 2.49. The topological polar surface area (TPSA) is 55.8 Å². The molecule has 10 heteroatoms. The first kappa shape index (κ1) is 21.8. The molecule has 0 spiro atoms. The average molecular weight is 378 g/mol. The molecule has 0 aromatic heterocycles. The molecule has 4 nitrogen and oxygen atoms in total. The third-order valence-corrected chi connectivity index (χ3v) is 4.35. The lowest BCUT2D eigenvalue weighted by molar-refractivity contribution is -0.402. The second-order valence-electron chi connectivity index (χ2n) is 6.27. The Balaban J connectivity index is 2.88. The fraction of sp³-hybridized carbons (Fsp3) is 0.800. The van der Waals surface area contributed by atoms with Crippen LogP contribution in [0.3, 0.4) is 0 Å². The van der Waals surface area contributed by atoms with Gasteiger partial charge in [0.15, 0.2) is 0 Å². The van der Waals surface area contributed by atoms with Gasteiger partial charge in [0.05, 0.1) is 5.60 Å². The minimum atomic E-state index is -5.96. The normalized spacial score (nSPS) is 25.9. The van der Waals surface area contributed by atoms with E-state index >= 15 is 0 Å². The molecule has 0 aromatic carbocycles. The van der Waals surface area contributed by atoms with Crippen LogP contribution in [-0.4, -0.2) is 46.8 Å². The SMILES string of the molecule is C=C(C)C(=O)OC1CC(CC)(OC(C)C(O)(C(F)(F)F)C(F)(F)F)C1. The van der Waals surface area contributed by atoms with Gasteiger partial charge in [-0.05, 0) is 20.3 Å². The summed E-state index contributed by atoms with van der Waals surface area (Å²) in [5.41, 5.74) is -6.22. The molecule has 1 atom stereocenters. The van der Waals surface area contributed by atoms with Crippen LogP contribution in [0.2, 0.25) is 0 Å². The van der Waals surface area contributed by atoms with Gasteiger partial charge in [0.1, 0.15) is 12.2 Å². The van der Waals surface area contributed by atoms with Crippen molar-refractivity contribution >= 4 is 5.97 Å². The Hall–Kier alpha value is -1.29. The van der Waals surface area contributed by atoms with Gasteiger partial charge in [-0.2, -0.15) is 26.3 Å². The molecule has 0 saturated heterocycles. The van der Waals surface area contributed by atoms with Gasteiger partial charge in [0, 0.05) is 18.4 Å². The largest absolute Gasteiger partial charge is 0.459 e. The standard InChI is InChI=1S/C15H20F6O4/c1-5-12(6-10(7-12)24-11(22)8(2)3)25-9(4)13(23,14(16,17)18)15(19,20)21/h9-10,23H,2,5-7H2,1,3-4H3. The molecule has 146 valence electrons. The van der Waals surface area contributed by atoms with Crippen molar-refractivity contribution < 1.29 is 45.7 Å². The third-order valence-electron chi connectivity index (χ3n) is 4.35. The number of alkyl halides is 6. The predicted molar refractivity (Wildman–Crippen MR) is 74.6 cm³/mol. The summed E-state index contributed by atoms with van der Waals surface area (Å²) in [5, 5.41) is 9.34. The Bertz CT molecular complexity index is 505. The first-order chi connectivity index (χ1) is 11.1. The quantitative estimate of drug-likeness (QED) is 0.435. The zero-order chi connectivity index (χ0) is 19.8. The van der Waals surface area contributed by atoms with Crippen molar-refractivity contribution in [3.8, 4) is 0 Å². The Morgan fingerprint density at radius 3 is 2.00 bits per heavy atom. The fourth-order valence-electron chi connectivity index (χ4n) is 2.66. The van der Waals surface area contributed by atoms with Crippen LogP contribution in [0.5, 0.6) is 0 Å². The smallest absolute Gasteiger partial charge is 0.428 e. The van der Waals surface area contributed by atoms with Crippen LogP contribution in [0.4, 0.5) is 26.3 Å². The van der Waals surface area contributed by atoms with Crippen molar-refractivity contribution in [3.05, 3.63) is 12.2 Å². The van der Waals surface area contributed by atoms with Crippen LogP contribution in [-0.2, 0) is 14.3 Å². The van der Waals surface area contributed by atoms with Gasteiger partial charge in [0.2, 0.25) is 0 Å². The Morgan fingerprint density at radius 1 is 1.24 bits per heavy atom. The molecule has 0 radical (unpaired) electrons. The van der Waals surface area contributed by atoms with Crippen molar-refractivity contribution in [2.75, 3.05) is 0 Å². The zero-order valence-electron chi connectivity index (χ0n) is 13.9. The number of hydrogen-bond donors (Lipinski definition) is 1. The minimum absolute atomic E-state index is 0.0708. The van der Waals surface area contributed by atoms with Gasteiger partial charge < -0.3 is 14.6 Å². The highest BCUT2D eigenvalue weighted by Gasteiger charge is 2.74. The number of ether oxygens (including phenoxy) is 2. The molecular weight excluding hydrogens is 358 g/mol. The maximum absolute atomic E-state index is 12.9. The summed E-state index contributed by atoms with van der Waals surface area (Å²) >= 11 is 0. The molecule has 0 heterocycles. The molecule has 0 aliphatic heterocycles. The van der Waals surface area contributed by atoms with Crippen LogP contribution in [0.15, 0.2) is 12.2 Å². The van der Waals surface area contributed by atoms with Gasteiger partial charge in [-0.1, -0.05) is 13.5 Å². The van der Waals surface area contributed by atoms with Crippen LogP contribution in [0.1, 0.15) is 40.0 Å². The number of esters is 1. The third kappa shape index (κ3) is 4.11. The van der Waals surface area contributed by atoms with E-state index in [1.54, 1.807) is 0 Å². The first-order valence-electron chi connectivity index (χ1n) is 7.50. The summed E-state index contributed by atoms with van der Waals surface area (Å²) in [6, 6.07) is 0. The molecule has 1 aliphatic rings. The second-order valence-corrected chi connectivity index (χ2v) is 6.27. The maximum Gasteiger partial charge on any atom is 0.428 e. The van der Waals surface area contributed by atoms with E-state index in [0.717, 1.165) is 0 Å². The van der Waals surface area contributed by atoms with Crippen molar-refractivity contribution in [1.29, 1.82) is 0 Å². The summed E-state index contributed by atoms with van der Waals surface area (Å²) in [6.07, 6.45) is -15.3. The lowest BCUT2D eigenvalue weighted by Crippen LogP contribution is -2.66. The van der Waals surface area contributed by atoms with Gasteiger partial charge in [-0.15, -0.1) is 0 Å². The van der Waals surface area contributed by atoms with Crippen LogP contribution >= 0.6 is 0 Å². The van der Waals surface area contributed by atoms with E-state index in [9.17, 15) is 36.2 Å².